The highest BCUT2D eigenvalue weighted by atomic mass is 16.6. The van der Waals surface area contributed by atoms with Crippen LogP contribution in [0.5, 0.6) is 5.75 Å². The fraction of sp³-hybridized carbons (Fsp3) is 0.356. The average Bonchev–Trinajstić information content (AvgIpc) is 3.96. The van der Waals surface area contributed by atoms with Crippen LogP contribution in [-0.2, 0) is 29.2 Å². The Hall–Kier alpha value is -6.69. The Morgan fingerprint density at radius 1 is 0.903 bits per heavy atom. The lowest BCUT2D eigenvalue weighted by Gasteiger charge is -2.27. The molecule has 4 N–H and O–H groups in total. The van der Waals surface area contributed by atoms with Crippen molar-refractivity contribution in [2.75, 3.05) is 56.9 Å². The first-order valence-corrected chi connectivity index (χ1v) is 20.5. The van der Waals surface area contributed by atoms with Gasteiger partial charge in [0.25, 0.3) is 11.8 Å². The first-order valence-electron chi connectivity index (χ1n) is 20.5. The van der Waals surface area contributed by atoms with Crippen LogP contribution in [-0.4, -0.2) is 107 Å². The zero-order valence-corrected chi connectivity index (χ0v) is 35.1. The highest BCUT2D eigenvalue weighted by Gasteiger charge is 2.45. The van der Waals surface area contributed by atoms with E-state index >= 15 is 0 Å². The van der Waals surface area contributed by atoms with Crippen molar-refractivity contribution in [3.63, 3.8) is 0 Å². The number of rotatable bonds is 18. The van der Waals surface area contributed by atoms with E-state index in [-0.39, 0.29) is 41.3 Å². The number of urea groups is 1. The Bertz CT molecular complexity index is 2470. The van der Waals surface area contributed by atoms with Crippen LogP contribution in [0.4, 0.5) is 16.3 Å². The molecule has 62 heavy (non-hydrogen) atoms. The lowest BCUT2D eigenvalue weighted by atomic mass is 9.92. The molecule has 2 aliphatic heterocycles. The van der Waals surface area contributed by atoms with Crippen molar-refractivity contribution in [3.8, 4) is 11.4 Å². The number of hydrogen-bond donors (Lipinski definition) is 4. The molecule has 2 unspecified atom stereocenters. The van der Waals surface area contributed by atoms with E-state index in [1.807, 2.05) is 66.1 Å². The monoisotopic (exact) mass is 846 g/mol. The van der Waals surface area contributed by atoms with Crippen LogP contribution in [0.25, 0.3) is 22.8 Å². The zero-order valence-electron chi connectivity index (χ0n) is 35.1. The van der Waals surface area contributed by atoms with Gasteiger partial charge in [-0.1, -0.05) is 52.0 Å². The third-order valence-corrected chi connectivity index (χ3v) is 10.3. The number of imide groups is 2. The molecule has 1 saturated heterocycles. The van der Waals surface area contributed by atoms with E-state index in [0.717, 1.165) is 27.3 Å². The second-order valence-electron chi connectivity index (χ2n) is 16.0. The molecule has 2 atom stereocenters. The highest BCUT2D eigenvalue weighted by Crippen LogP contribution is 2.31. The van der Waals surface area contributed by atoms with Crippen molar-refractivity contribution >= 4 is 58.3 Å². The lowest BCUT2D eigenvalue weighted by Crippen LogP contribution is -2.54. The Labute approximate surface area is 358 Å². The van der Waals surface area contributed by atoms with Crippen molar-refractivity contribution < 1.29 is 42.9 Å². The van der Waals surface area contributed by atoms with Crippen LogP contribution in [0.15, 0.2) is 79.1 Å². The maximum absolute atomic E-state index is 13.3. The summed E-state index contributed by atoms with van der Waals surface area (Å²) in [6.45, 7) is 10.9. The third-order valence-electron chi connectivity index (χ3n) is 10.3. The number of aromatic nitrogens is 4. The summed E-state index contributed by atoms with van der Waals surface area (Å²) < 4.78 is 24.9. The summed E-state index contributed by atoms with van der Waals surface area (Å²) in [4.78, 5) is 68.4. The standard InChI is InChI=1S/C45H50N8O9/c1-28(8-9-29-6-5-7-33-40(29)43(57)53(42(33)56)36-16-17-39(54)49-41(36)55)26-61-21-20-59-18-19-60-22-23-62-32-14-15-35-34(24-32)46-27-52(35)31-12-10-30(11-13-31)47-44(58)48-38-25-37(50-51-38)45(2,3)4/h5-15,24-25,27-28,36H,16-23,26H2,1-4H3,(H,49,54,55)(H3,47,48,50,51,58)/b9-8+. The molecule has 3 aromatic carbocycles. The summed E-state index contributed by atoms with van der Waals surface area (Å²) in [7, 11) is 0. The summed E-state index contributed by atoms with van der Waals surface area (Å²) in [5.74, 6) is -1.01. The Morgan fingerprint density at radius 2 is 1.65 bits per heavy atom. The first-order chi connectivity index (χ1) is 29.9. The predicted octanol–water partition coefficient (Wildman–Crippen LogP) is 5.87. The quantitative estimate of drug-likeness (QED) is 0.0606. The van der Waals surface area contributed by atoms with Gasteiger partial charge in [0.1, 0.15) is 24.7 Å². The van der Waals surface area contributed by atoms with Gasteiger partial charge in [-0.3, -0.25) is 44.4 Å². The fourth-order valence-electron chi connectivity index (χ4n) is 6.97. The van der Waals surface area contributed by atoms with Crippen molar-refractivity contribution in [2.45, 2.75) is 52.0 Å². The molecule has 17 nitrogen and oxygen atoms in total. The number of piperidine rings is 1. The molecule has 0 aliphatic carbocycles. The molecule has 5 aromatic rings. The number of fused-ring (bicyclic) bond motifs is 2. The number of ether oxygens (including phenoxy) is 4. The molecule has 324 valence electrons. The molecule has 1 fully saturated rings. The number of imidazole rings is 1. The van der Waals surface area contributed by atoms with Crippen LogP contribution >= 0.6 is 0 Å². The number of amides is 6. The smallest absolute Gasteiger partial charge is 0.324 e. The number of aromatic amines is 1. The fourth-order valence-corrected chi connectivity index (χ4v) is 6.97. The minimum atomic E-state index is -1.01. The Kier molecular flexibility index (Phi) is 13.5. The van der Waals surface area contributed by atoms with E-state index in [0.29, 0.717) is 69.1 Å². The summed E-state index contributed by atoms with van der Waals surface area (Å²) in [6.07, 6.45) is 5.60. The van der Waals surface area contributed by atoms with E-state index in [9.17, 15) is 24.0 Å². The summed E-state index contributed by atoms with van der Waals surface area (Å²) in [5, 5.41) is 14.9. The molecular weight excluding hydrogens is 797 g/mol. The molecule has 0 saturated carbocycles. The minimum absolute atomic E-state index is 0.00338. The number of carbonyl (C=O) groups is 5. The summed E-state index contributed by atoms with van der Waals surface area (Å²) in [5.41, 5.74) is 5.07. The van der Waals surface area contributed by atoms with Gasteiger partial charge in [0.2, 0.25) is 11.8 Å². The van der Waals surface area contributed by atoms with Gasteiger partial charge in [-0.25, -0.2) is 9.78 Å². The second kappa shape index (κ2) is 19.4. The number of carbonyl (C=O) groups excluding carboxylic acids is 5. The largest absolute Gasteiger partial charge is 0.491 e. The molecule has 0 spiro atoms. The lowest BCUT2D eigenvalue weighted by molar-refractivity contribution is -0.136. The number of H-pyrrole nitrogens is 1. The number of anilines is 2. The maximum Gasteiger partial charge on any atom is 0.324 e. The van der Waals surface area contributed by atoms with Gasteiger partial charge in [-0.05, 0) is 60.4 Å². The van der Waals surface area contributed by atoms with Gasteiger partial charge in [0.15, 0.2) is 5.82 Å². The first kappa shape index (κ1) is 43.4. The Morgan fingerprint density at radius 3 is 2.37 bits per heavy atom. The highest BCUT2D eigenvalue weighted by molar-refractivity contribution is 6.24. The zero-order chi connectivity index (χ0) is 43.8. The SMILES string of the molecule is CC(/C=C/c1cccc2c1C(=O)N(C1CCC(=O)NC1=O)C2=O)COCCOCCOCCOc1ccc2c(c1)ncn2-c1ccc(NC(=O)Nc2cc(C(C)(C)C)[nH]n2)cc1. The molecular formula is C45H50N8O9. The van der Waals surface area contributed by atoms with Crippen LogP contribution in [0, 0.1) is 5.92 Å². The molecule has 17 heteroatoms. The molecule has 0 radical (unpaired) electrons. The van der Waals surface area contributed by atoms with Gasteiger partial charge in [-0.2, -0.15) is 5.10 Å². The predicted molar refractivity (Wildman–Crippen MR) is 230 cm³/mol. The molecule has 7 rings (SSSR count). The molecule has 0 bridgehead atoms. The number of hydrogen-bond acceptors (Lipinski definition) is 11. The van der Waals surface area contributed by atoms with E-state index < -0.39 is 29.7 Å². The maximum atomic E-state index is 13.3. The summed E-state index contributed by atoms with van der Waals surface area (Å²) >= 11 is 0. The van der Waals surface area contributed by atoms with E-state index in [4.69, 9.17) is 18.9 Å². The van der Waals surface area contributed by atoms with E-state index in [1.165, 1.54) is 0 Å². The van der Waals surface area contributed by atoms with Gasteiger partial charge < -0.3 is 24.3 Å². The second-order valence-corrected chi connectivity index (χ2v) is 16.0. The number of benzene rings is 3. The number of nitrogens with one attached hydrogen (secondary N) is 4. The van der Waals surface area contributed by atoms with Gasteiger partial charge in [0.05, 0.1) is 61.8 Å². The van der Waals surface area contributed by atoms with Crippen molar-refractivity contribution in [1.29, 1.82) is 0 Å². The molecule has 4 heterocycles. The minimum Gasteiger partial charge on any atom is -0.491 e. The van der Waals surface area contributed by atoms with Crippen molar-refractivity contribution in [2.24, 2.45) is 5.92 Å². The molecule has 6 amide bonds. The van der Waals surface area contributed by atoms with Gasteiger partial charge in [0, 0.05) is 41.0 Å². The van der Waals surface area contributed by atoms with Crippen LogP contribution in [0.1, 0.15) is 72.5 Å². The normalized spacial score (nSPS) is 15.9. The Balaban J connectivity index is 0.756. The van der Waals surface area contributed by atoms with Gasteiger partial charge in [-0.15, -0.1) is 0 Å². The van der Waals surface area contributed by atoms with E-state index in [1.54, 1.807) is 30.6 Å². The van der Waals surface area contributed by atoms with Crippen molar-refractivity contribution in [3.05, 3.63) is 102 Å². The van der Waals surface area contributed by atoms with Crippen molar-refractivity contribution in [1.82, 2.24) is 30.0 Å². The van der Waals surface area contributed by atoms with Crippen LogP contribution in [0.3, 0.4) is 0 Å². The number of nitrogens with zero attached hydrogens (tertiary/aromatic N) is 4. The summed E-state index contributed by atoms with van der Waals surface area (Å²) in [6, 6.07) is 18.6. The third kappa shape index (κ3) is 10.4. The topological polar surface area (TPSA) is 208 Å². The van der Waals surface area contributed by atoms with E-state index in [2.05, 4.69) is 51.9 Å². The van der Waals surface area contributed by atoms with Gasteiger partial charge >= 0.3 is 6.03 Å². The van der Waals surface area contributed by atoms with Crippen LogP contribution < -0.4 is 20.7 Å². The average molecular weight is 847 g/mol. The molecule has 2 aliphatic rings. The van der Waals surface area contributed by atoms with Crippen LogP contribution in [0.2, 0.25) is 0 Å². The molecule has 2 aromatic heterocycles.